The Labute approximate surface area is 216 Å². The van der Waals surface area contributed by atoms with Crippen molar-refractivity contribution in [3.63, 3.8) is 0 Å². The smallest absolute Gasteiger partial charge is 0.139 e. The average Bonchev–Trinajstić information content (AvgIpc) is 3.65. The van der Waals surface area contributed by atoms with Crippen molar-refractivity contribution in [3.8, 4) is 11.3 Å². The predicted octanol–water partition coefficient (Wildman–Crippen LogP) is 6.83. The molecule has 37 heavy (non-hydrogen) atoms. The average molecular weight is 507 g/mol. The summed E-state index contributed by atoms with van der Waals surface area (Å²) in [6, 6.07) is 17.6. The van der Waals surface area contributed by atoms with Crippen LogP contribution in [0.5, 0.6) is 0 Å². The van der Waals surface area contributed by atoms with Crippen LogP contribution in [0.3, 0.4) is 0 Å². The molecule has 0 aromatic carbocycles. The normalized spacial score (nSPS) is 12.9. The topological polar surface area (TPSA) is 84.4 Å². The van der Waals surface area contributed by atoms with Crippen molar-refractivity contribution in [2.75, 3.05) is 6.61 Å². The Kier molecular flexibility index (Phi) is 5.98. The highest BCUT2D eigenvalue weighted by Crippen LogP contribution is 2.28. The Balaban J connectivity index is 1.47. The second-order valence-electron chi connectivity index (χ2n) is 10.7. The molecule has 0 saturated carbocycles. The van der Waals surface area contributed by atoms with Gasteiger partial charge < -0.3 is 14.7 Å². The number of H-pyrrole nitrogens is 2. The highest BCUT2D eigenvalue weighted by Gasteiger charge is 2.14. The number of aromatic amines is 2. The molecule has 8 bridgehead atoms. The molecule has 6 rings (SSSR count). The van der Waals surface area contributed by atoms with Crippen molar-refractivity contribution >= 4 is 54.4 Å². The van der Waals surface area contributed by atoms with Gasteiger partial charge in [0.15, 0.2) is 0 Å². The maximum absolute atomic E-state index is 6.01. The molecule has 2 N–H and O–H groups in total. The summed E-state index contributed by atoms with van der Waals surface area (Å²) in [4.78, 5) is 16.6. The van der Waals surface area contributed by atoms with Gasteiger partial charge in [0.1, 0.15) is 6.73 Å². The van der Waals surface area contributed by atoms with Crippen molar-refractivity contribution < 1.29 is 4.74 Å². The van der Waals surface area contributed by atoms with E-state index in [9.17, 15) is 0 Å². The molecule has 0 spiro atoms. The fourth-order valence-electron chi connectivity index (χ4n) is 4.42. The minimum absolute atomic E-state index is 0.422. The second-order valence-corrected chi connectivity index (χ2v) is 16.3. The van der Waals surface area contributed by atoms with Gasteiger partial charge in [-0.1, -0.05) is 19.6 Å². The van der Waals surface area contributed by atoms with E-state index in [1.54, 1.807) is 0 Å². The van der Waals surface area contributed by atoms with Gasteiger partial charge in [0.25, 0.3) is 0 Å². The molecule has 8 heteroatoms. The van der Waals surface area contributed by atoms with Gasteiger partial charge in [0, 0.05) is 43.0 Å². The van der Waals surface area contributed by atoms with Gasteiger partial charge in [-0.3, -0.25) is 0 Å². The van der Waals surface area contributed by atoms with E-state index in [-0.39, 0.29) is 0 Å². The first kappa shape index (κ1) is 23.4. The van der Waals surface area contributed by atoms with Crippen molar-refractivity contribution in [2.45, 2.75) is 32.4 Å². The Morgan fingerprint density at radius 2 is 1.38 bits per heavy atom. The number of nitrogens with one attached hydrogen (secondary N) is 2. The molecule has 0 saturated heterocycles. The van der Waals surface area contributed by atoms with E-state index >= 15 is 0 Å². The van der Waals surface area contributed by atoms with Crippen LogP contribution in [0.25, 0.3) is 57.6 Å². The van der Waals surface area contributed by atoms with Gasteiger partial charge in [-0.2, -0.15) is 5.10 Å². The number of nitrogens with zero attached hydrogens (tertiary/aromatic N) is 4. The lowest BCUT2D eigenvalue weighted by Gasteiger charge is -2.15. The molecule has 0 unspecified atom stereocenters. The van der Waals surface area contributed by atoms with E-state index in [1.165, 1.54) is 0 Å². The summed E-state index contributed by atoms with van der Waals surface area (Å²) in [5, 5.41) is 4.55. The fourth-order valence-corrected chi connectivity index (χ4v) is 5.18. The van der Waals surface area contributed by atoms with Crippen LogP contribution in [-0.4, -0.2) is 44.4 Å². The minimum Gasteiger partial charge on any atom is -0.360 e. The minimum atomic E-state index is -1.15. The van der Waals surface area contributed by atoms with E-state index in [1.807, 2.05) is 53.4 Å². The molecule has 2 aliphatic heterocycles. The standard InChI is InChI=1S/C29H30N6OSi/c1-37(2,3)13-12-36-19-35-29(10-11-30-35)27-17-26-16-24-7-6-22(32-24)14-20-4-5-21(31-20)15-23-8-9-25(33-23)18-28(27)34-26/h4-11,14-18,31,34H,12-13,19H2,1-3H3. The van der Waals surface area contributed by atoms with Crippen LogP contribution in [0.2, 0.25) is 25.7 Å². The molecule has 0 amide bonds. The third-order valence-corrected chi connectivity index (χ3v) is 8.08. The molecule has 4 aromatic rings. The highest BCUT2D eigenvalue weighted by atomic mass is 28.3. The van der Waals surface area contributed by atoms with Crippen molar-refractivity contribution in [1.82, 2.24) is 29.7 Å². The summed E-state index contributed by atoms with van der Waals surface area (Å²) in [5.74, 6) is 0. The van der Waals surface area contributed by atoms with Gasteiger partial charge >= 0.3 is 0 Å². The molecule has 0 aliphatic carbocycles. The molecule has 186 valence electrons. The number of ether oxygens (including phenoxy) is 1. The molecular weight excluding hydrogens is 476 g/mol. The summed E-state index contributed by atoms with van der Waals surface area (Å²) in [5.41, 5.74) is 9.57. The molecule has 4 aromatic heterocycles. The lowest BCUT2D eigenvalue weighted by molar-refractivity contribution is 0.0798. The molecular formula is C29H30N6OSi. The fraction of sp³-hybridized carbons (Fsp3) is 0.207. The first-order valence-corrected chi connectivity index (χ1v) is 16.3. The summed E-state index contributed by atoms with van der Waals surface area (Å²) < 4.78 is 7.94. The summed E-state index contributed by atoms with van der Waals surface area (Å²) >= 11 is 0. The van der Waals surface area contributed by atoms with Crippen molar-refractivity contribution in [1.29, 1.82) is 0 Å². The lowest BCUT2D eigenvalue weighted by Crippen LogP contribution is -2.22. The number of rotatable bonds is 6. The van der Waals surface area contributed by atoms with Crippen LogP contribution < -0.4 is 0 Å². The Hall–Kier alpha value is -4.01. The van der Waals surface area contributed by atoms with Crippen LogP contribution in [0, 0.1) is 0 Å². The molecule has 0 fully saturated rings. The lowest BCUT2D eigenvalue weighted by atomic mass is 10.2. The summed E-state index contributed by atoms with van der Waals surface area (Å²) in [6.07, 6.45) is 9.96. The van der Waals surface area contributed by atoms with Crippen LogP contribution in [0.1, 0.15) is 22.8 Å². The number of fused-ring (bicyclic) bond motifs is 8. The molecule has 0 radical (unpaired) electrons. The van der Waals surface area contributed by atoms with Crippen molar-refractivity contribution in [2.24, 2.45) is 0 Å². The Morgan fingerprint density at radius 1 is 0.757 bits per heavy atom. The number of hydrogen-bond donors (Lipinski definition) is 2. The zero-order chi connectivity index (χ0) is 25.4. The van der Waals surface area contributed by atoms with E-state index < -0.39 is 8.07 Å². The number of aromatic nitrogens is 6. The maximum atomic E-state index is 6.01. The monoisotopic (exact) mass is 506 g/mol. The predicted molar refractivity (Wildman–Crippen MR) is 154 cm³/mol. The molecule has 7 nitrogen and oxygen atoms in total. The largest absolute Gasteiger partial charge is 0.360 e. The zero-order valence-corrected chi connectivity index (χ0v) is 22.3. The van der Waals surface area contributed by atoms with Gasteiger partial charge in [-0.05, 0) is 78.9 Å². The maximum Gasteiger partial charge on any atom is 0.139 e. The van der Waals surface area contributed by atoms with E-state index in [0.717, 1.165) is 68.8 Å². The van der Waals surface area contributed by atoms with E-state index in [2.05, 4.69) is 65.0 Å². The van der Waals surface area contributed by atoms with Gasteiger partial charge in [0.05, 0.1) is 34.0 Å². The van der Waals surface area contributed by atoms with Crippen molar-refractivity contribution in [3.05, 3.63) is 77.5 Å². The summed E-state index contributed by atoms with van der Waals surface area (Å²) in [6.45, 7) is 8.25. The highest BCUT2D eigenvalue weighted by molar-refractivity contribution is 6.76. The Bertz CT molecular complexity index is 1680. The third kappa shape index (κ3) is 5.40. The quantitative estimate of drug-likeness (QED) is 0.191. The molecule has 2 aliphatic rings. The van der Waals surface area contributed by atoms with Gasteiger partial charge in [-0.25, -0.2) is 14.6 Å². The van der Waals surface area contributed by atoms with E-state index in [4.69, 9.17) is 14.7 Å². The van der Waals surface area contributed by atoms with E-state index in [0.29, 0.717) is 6.73 Å². The second kappa shape index (κ2) is 9.46. The van der Waals surface area contributed by atoms with Gasteiger partial charge in [-0.15, -0.1) is 0 Å². The first-order valence-electron chi connectivity index (χ1n) is 12.6. The first-order chi connectivity index (χ1) is 17.9. The molecule has 6 heterocycles. The van der Waals surface area contributed by atoms with Crippen LogP contribution in [-0.2, 0) is 11.5 Å². The third-order valence-electron chi connectivity index (χ3n) is 6.37. The van der Waals surface area contributed by atoms with Gasteiger partial charge in [0.2, 0.25) is 0 Å². The SMILES string of the molecule is C[Si](C)(C)CCOCn1nccc1-c1cc2cc3nc(cc4ccc(cc5nc(cc1[nH]2)C=C5)[nH]4)C=C3. The number of hydrogen-bond acceptors (Lipinski definition) is 4. The zero-order valence-electron chi connectivity index (χ0n) is 21.3. The van der Waals surface area contributed by atoms with Crippen LogP contribution in [0.4, 0.5) is 0 Å². The molecule has 0 atom stereocenters. The summed E-state index contributed by atoms with van der Waals surface area (Å²) in [7, 11) is -1.15. The Morgan fingerprint density at radius 3 is 2.03 bits per heavy atom. The van der Waals surface area contributed by atoms with Crippen LogP contribution in [0.15, 0.2) is 54.7 Å². The van der Waals surface area contributed by atoms with Crippen LogP contribution >= 0.6 is 0 Å².